The van der Waals surface area contributed by atoms with E-state index < -0.39 is 5.91 Å². The number of nitrogens with one attached hydrogen (secondary N) is 1. The average Bonchev–Trinajstić information content (AvgIpc) is 2.46. The maximum atomic E-state index is 11.9. The first kappa shape index (κ1) is 16.3. The Morgan fingerprint density at radius 2 is 2.05 bits per heavy atom. The van der Waals surface area contributed by atoms with Gasteiger partial charge in [-0.3, -0.25) is 4.79 Å². The molecule has 0 aliphatic carbocycles. The number of benzene rings is 2. The van der Waals surface area contributed by atoms with Crippen LogP contribution in [0.25, 0.3) is 0 Å². The monoisotopic (exact) mass is 382 g/mol. The summed E-state index contributed by atoms with van der Waals surface area (Å²) in [5, 5.41) is 23.8. The fourth-order valence-electron chi connectivity index (χ4n) is 1.75. The van der Waals surface area contributed by atoms with Crippen LogP contribution < -0.4 is 5.43 Å². The highest BCUT2D eigenvalue weighted by atomic mass is 79.9. The van der Waals surface area contributed by atoms with Gasteiger partial charge in [0.1, 0.15) is 11.5 Å². The molecular weight excluding hydrogens is 372 g/mol. The Bertz CT molecular complexity index is 763. The Labute approximate surface area is 140 Å². The van der Waals surface area contributed by atoms with Crippen molar-refractivity contribution in [2.75, 3.05) is 0 Å². The highest BCUT2D eigenvalue weighted by Gasteiger charge is 2.11. The highest BCUT2D eigenvalue weighted by Crippen LogP contribution is 2.30. The van der Waals surface area contributed by atoms with Gasteiger partial charge < -0.3 is 10.2 Å². The van der Waals surface area contributed by atoms with E-state index in [2.05, 4.69) is 26.5 Å². The van der Waals surface area contributed by atoms with Crippen molar-refractivity contribution in [3.8, 4) is 11.5 Å². The molecule has 2 aromatic rings. The predicted octanol–water partition coefficient (Wildman–Crippen LogP) is 3.59. The third-order valence-corrected chi connectivity index (χ3v) is 3.73. The van der Waals surface area contributed by atoms with E-state index in [-0.39, 0.29) is 17.1 Å². The molecule has 0 saturated heterocycles. The van der Waals surface area contributed by atoms with Crippen molar-refractivity contribution in [3.05, 3.63) is 56.5 Å². The molecule has 2 rings (SSSR count). The molecule has 0 aliphatic heterocycles. The second-order valence-electron chi connectivity index (χ2n) is 4.50. The van der Waals surface area contributed by atoms with Crippen molar-refractivity contribution in [1.29, 1.82) is 0 Å². The van der Waals surface area contributed by atoms with E-state index in [1.165, 1.54) is 24.4 Å². The molecule has 0 atom stereocenters. The van der Waals surface area contributed by atoms with E-state index in [4.69, 9.17) is 11.6 Å². The molecule has 0 unspecified atom stereocenters. The molecule has 0 heterocycles. The molecule has 0 radical (unpaired) electrons. The number of aryl methyl sites for hydroxylation is 1. The number of amides is 1. The third kappa shape index (κ3) is 3.58. The molecule has 7 heteroatoms. The van der Waals surface area contributed by atoms with Gasteiger partial charge >= 0.3 is 0 Å². The standard InChI is InChI=1S/C15H12BrClN2O3/c1-8-3-2-4-11(13(8)20)15(22)19-18-7-9-5-10(17)6-12(16)14(9)21/h2-7,20-21H,1H3,(H,19,22). The van der Waals surface area contributed by atoms with Crippen LogP contribution in [0, 0.1) is 6.92 Å². The summed E-state index contributed by atoms with van der Waals surface area (Å²) in [4.78, 5) is 11.9. The number of para-hydroxylation sites is 1. The summed E-state index contributed by atoms with van der Waals surface area (Å²) < 4.78 is 0.420. The first-order valence-electron chi connectivity index (χ1n) is 6.20. The van der Waals surface area contributed by atoms with Crippen molar-refractivity contribution in [3.63, 3.8) is 0 Å². The zero-order valence-electron chi connectivity index (χ0n) is 11.5. The van der Waals surface area contributed by atoms with E-state index in [9.17, 15) is 15.0 Å². The smallest absolute Gasteiger partial charge is 0.275 e. The molecule has 0 spiro atoms. The van der Waals surface area contributed by atoms with Crippen LogP contribution in [0.1, 0.15) is 21.5 Å². The average molecular weight is 384 g/mol. The number of aromatic hydroxyl groups is 2. The minimum Gasteiger partial charge on any atom is -0.507 e. The number of carbonyl (C=O) groups is 1. The second kappa shape index (κ2) is 6.81. The van der Waals surface area contributed by atoms with E-state index in [0.29, 0.717) is 20.6 Å². The van der Waals surface area contributed by atoms with Gasteiger partial charge in [0.2, 0.25) is 0 Å². The van der Waals surface area contributed by atoms with Crippen molar-refractivity contribution < 1.29 is 15.0 Å². The molecule has 0 aliphatic rings. The second-order valence-corrected chi connectivity index (χ2v) is 5.79. The van der Waals surface area contributed by atoms with Crippen molar-refractivity contribution in [2.24, 2.45) is 5.10 Å². The number of halogens is 2. The van der Waals surface area contributed by atoms with Crippen LogP contribution in [-0.4, -0.2) is 22.3 Å². The number of rotatable bonds is 3. The summed E-state index contributed by atoms with van der Waals surface area (Å²) in [7, 11) is 0. The maximum absolute atomic E-state index is 11.9. The molecule has 0 bridgehead atoms. The number of carbonyl (C=O) groups excluding carboxylic acids is 1. The Morgan fingerprint density at radius 3 is 2.77 bits per heavy atom. The Balaban J connectivity index is 2.16. The van der Waals surface area contributed by atoms with Gasteiger partial charge in [0.05, 0.1) is 16.3 Å². The Kier molecular flexibility index (Phi) is 5.05. The number of phenols is 2. The summed E-state index contributed by atoms with van der Waals surface area (Å²) in [5.74, 6) is -0.692. The largest absolute Gasteiger partial charge is 0.507 e. The van der Waals surface area contributed by atoms with Gasteiger partial charge in [-0.1, -0.05) is 23.7 Å². The van der Waals surface area contributed by atoms with Crippen LogP contribution in [0.15, 0.2) is 39.9 Å². The summed E-state index contributed by atoms with van der Waals surface area (Å²) in [5.41, 5.74) is 3.33. The van der Waals surface area contributed by atoms with E-state index in [0.717, 1.165) is 0 Å². The van der Waals surface area contributed by atoms with Crippen molar-refractivity contribution in [1.82, 2.24) is 5.43 Å². The lowest BCUT2D eigenvalue weighted by molar-refractivity contribution is 0.0952. The number of hydrogen-bond donors (Lipinski definition) is 3. The molecular formula is C15H12BrClN2O3. The molecule has 2 aromatic carbocycles. The van der Waals surface area contributed by atoms with Crippen LogP contribution in [0.2, 0.25) is 5.02 Å². The van der Waals surface area contributed by atoms with Crippen molar-refractivity contribution in [2.45, 2.75) is 6.92 Å². The Morgan fingerprint density at radius 1 is 1.32 bits per heavy atom. The maximum Gasteiger partial charge on any atom is 0.275 e. The van der Waals surface area contributed by atoms with Gasteiger partial charge in [-0.05, 0) is 46.6 Å². The summed E-state index contributed by atoms with van der Waals surface area (Å²) in [6, 6.07) is 7.88. The molecule has 3 N–H and O–H groups in total. The lowest BCUT2D eigenvalue weighted by Crippen LogP contribution is -2.17. The fourth-order valence-corrected chi connectivity index (χ4v) is 2.58. The first-order chi connectivity index (χ1) is 10.4. The van der Waals surface area contributed by atoms with Gasteiger partial charge in [-0.2, -0.15) is 5.10 Å². The van der Waals surface area contributed by atoms with Gasteiger partial charge in [-0.25, -0.2) is 5.43 Å². The zero-order valence-corrected chi connectivity index (χ0v) is 13.8. The molecule has 22 heavy (non-hydrogen) atoms. The quantitative estimate of drug-likeness (QED) is 0.559. The summed E-state index contributed by atoms with van der Waals surface area (Å²) in [6.45, 7) is 1.69. The van der Waals surface area contributed by atoms with Gasteiger partial charge in [-0.15, -0.1) is 0 Å². The molecule has 0 fully saturated rings. The van der Waals surface area contributed by atoms with Crippen LogP contribution in [0.4, 0.5) is 0 Å². The summed E-state index contributed by atoms with van der Waals surface area (Å²) >= 11 is 9.03. The lowest BCUT2D eigenvalue weighted by atomic mass is 10.1. The van der Waals surface area contributed by atoms with Gasteiger partial charge in [0.25, 0.3) is 5.91 Å². The lowest BCUT2D eigenvalue weighted by Gasteiger charge is -2.05. The minimum atomic E-state index is -0.557. The molecule has 0 aromatic heterocycles. The summed E-state index contributed by atoms with van der Waals surface area (Å²) in [6.07, 6.45) is 1.26. The first-order valence-corrected chi connectivity index (χ1v) is 7.37. The van der Waals surface area contributed by atoms with Crippen LogP contribution in [0.5, 0.6) is 11.5 Å². The minimum absolute atomic E-state index is 0.0409. The number of hydrazone groups is 1. The number of nitrogens with zero attached hydrogens (tertiary/aromatic N) is 1. The van der Waals surface area contributed by atoms with Crippen molar-refractivity contribution >= 4 is 39.7 Å². The van der Waals surface area contributed by atoms with E-state index in [1.54, 1.807) is 19.1 Å². The normalized spacial score (nSPS) is 10.9. The predicted molar refractivity (Wildman–Crippen MR) is 88.7 cm³/mol. The fraction of sp³-hybridized carbons (Fsp3) is 0.0667. The molecule has 0 saturated carbocycles. The van der Waals surface area contributed by atoms with Crippen LogP contribution >= 0.6 is 27.5 Å². The van der Waals surface area contributed by atoms with Crippen LogP contribution in [0.3, 0.4) is 0 Å². The molecule has 114 valence electrons. The Hall–Kier alpha value is -2.05. The highest BCUT2D eigenvalue weighted by molar-refractivity contribution is 9.10. The molecule has 1 amide bonds. The van der Waals surface area contributed by atoms with E-state index in [1.807, 2.05) is 0 Å². The number of hydrogen-bond acceptors (Lipinski definition) is 4. The van der Waals surface area contributed by atoms with Crippen LogP contribution in [-0.2, 0) is 0 Å². The van der Waals surface area contributed by atoms with Gasteiger partial charge in [0.15, 0.2) is 0 Å². The van der Waals surface area contributed by atoms with E-state index >= 15 is 0 Å². The third-order valence-electron chi connectivity index (χ3n) is 2.91. The number of phenolic OH excluding ortho intramolecular Hbond substituents is 2. The topological polar surface area (TPSA) is 81.9 Å². The molecule has 5 nitrogen and oxygen atoms in total. The zero-order chi connectivity index (χ0) is 16.3. The SMILES string of the molecule is Cc1cccc(C(=O)NN=Cc2cc(Cl)cc(Br)c2O)c1O. The van der Waals surface area contributed by atoms with Gasteiger partial charge in [0, 0.05) is 10.6 Å².